The number of nitrogens with one attached hydrogen (secondary N) is 1. The molecule has 458 valence electrons. The molecule has 0 aromatic carbocycles. The summed E-state index contributed by atoms with van der Waals surface area (Å²) in [7, 11) is 0. The third kappa shape index (κ3) is 63.6. The zero-order valence-corrected chi connectivity index (χ0v) is 52.5. The van der Waals surface area contributed by atoms with Crippen molar-refractivity contribution in [1.82, 2.24) is 5.32 Å². The second-order valence-electron chi connectivity index (χ2n) is 24.6. The van der Waals surface area contributed by atoms with Crippen LogP contribution < -0.4 is 5.32 Å². The molecule has 6 nitrogen and oxygen atoms in total. The average Bonchev–Trinajstić information content (AvgIpc) is 3.43. The van der Waals surface area contributed by atoms with Gasteiger partial charge in [-0.15, -0.1) is 0 Å². The summed E-state index contributed by atoms with van der Waals surface area (Å²) < 4.78 is 5.47. The number of unbranched alkanes of at least 4 members (excludes halogenated alkanes) is 54. The maximum Gasteiger partial charge on any atom is 0.305 e. The molecule has 0 saturated heterocycles. The third-order valence-electron chi connectivity index (χ3n) is 16.8. The van der Waals surface area contributed by atoms with Crippen LogP contribution in [0.1, 0.15) is 406 Å². The van der Waals surface area contributed by atoms with Gasteiger partial charge in [-0.05, 0) is 51.4 Å². The minimum absolute atomic E-state index is 0.0165. The first-order valence-electron chi connectivity index (χ1n) is 35.4. The van der Waals surface area contributed by atoms with Crippen molar-refractivity contribution in [3.63, 3.8) is 0 Å². The van der Waals surface area contributed by atoms with Gasteiger partial charge in [-0.1, -0.05) is 353 Å². The molecule has 2 unspecified atom stereocenters. The van der Waals surface area contributed by atoms with E-state index >= 15 is 0 Å². The maximum absolute atomic E-state index is 12.5. The molecule has 0 aliphatic heterocycles. The molecule has 0 heterocycles. The molecule has 0 aliphatic carbocycles. The normalized spacial score (nSPS) is 12.5. The van der Waals surface area contributed by atoms with Gasteiger partial charge < -0.3 is 20.3 Å². The van der Waals surface area contributed by atoms with Crippen LogP contribution in [0.4, 0.5) is 0 Å². The van der Waals surface area contributed by atoms with E-state index in [1.165, 1.54) is 334 Å². The molecule has 0 aromatic rings. The zero-order valence-electron chi connectivity index (χ0n) is 52.5. The van der Waals surface area contributed by atoms with E-state index in [-0.39, 0.29) is 18.5 Å². The van der Waals surface area contributed by atoms with Crippen molar-refractivity contribution in [2.45, 2.75) is 418 Å². The van der Waals surface area contributed by atoms with Crippen molar-refractivity contribution in [3.8, 4) is 0 Å². The lowest BCUT2D eigenvalue weighted by Crippen LogP contribution is -2.45. The number of allylic oxidation sites excluding steroid dienone is 2. The monoisotopic (exact) mass is 1090 g/mol. The predicted molar refractivity (Wildman–Crippen MR) is 338 cm³/mol. The van der Waals surface area contributed by atoms with Crippen molar-refractivity contribution >= 4 is 11.9 Å². The Morgan fingerprint density at radius 1 is 0.351 bits per heavy atom. The van der Waals surface area contributed by atoms with Gasteiger partial charge in [0, 0.05) is 12.8 Å². The van der Waals surface area contributed by atoms with Crippen molar-refractivity contribution in [2.24, 2.45) is 0 Å². The van der Waals surface area contributed by atoms with Crippen LogP contribution in [0, 0.1) is 0 Å². The molecule has 0 rings (SSSR count). The van der Waals surface area contributed by atoms with Gasteiger partial charge in [0.15, 0.2) is 0 Å². The number of hydrogen-bond acceptors (Lipinski definition) is 5. The van der Waals surface area contributed by atoms with Crippen LogP contribution in [0.25, 0.3) is 0 Å². The Morgan fingerprint density at radius 3 is 0.922 bits per heavy atom. The number of carbonyl (C=O) groups is 2. The summed E-state index contributed by atoms with van der Waals surface area (Å²) >= 11 is 0. The van der Waals surface area contributed by atoms with Crippen LogP contribution in [-0.2, 0) is 14.3 Å². The van der Waals surface area contributed by atoms with E-state index in [9.17, 15) is 19.8 Å². The minimum atomic E-state index is -0.664. The lowest BCUT2D eigenvalue weighted by atomic mass is 10.0. The van der Waals surface area contributed by atoms with Crippen molar-refractivity contribution in [3.05, 3.63) is 12.2 Å². The fraction of sp³-hybridized carbons (Fsp3) is 0.944. The highest BCUT2D eigenvalue weighted by molar-refractivity contribution is 5.76. The molecule has 0 saturated carbocycles. The molecule has 0 radical (unpaired) electrons. The second-order valence-corrected chi connectivity index (χ2v) is 24.6. The topological polar surface area (TPSA) is 95.9 Å². The minimum Gasteiger partial charge on any atom is -0.466 e. The summed E-state index contributed by atoms with van der Waals surface area (Å²) in [6.45, 7) is 4.99. The number of hydrogen-bond donors (Lipinski definition) is 3. The van der Waals surface area contributed by atoms with Crippen LogP contribution >= 0.6 is 0 Å². The number of rotatable bonds is 67. The Labute approximate surface area is 482 Å². The van der Waals surface area contributed by atoms with Gasteiger partial charge in [-0.2, -0.15) is 0 Å². The molecule has 0 aliphatic rings. The molecule has 3 N–H and O–H groups in total. The fourth-order valence-electron chi connectivity index (χ4n) is 11.4. The highest BCUT2D eigenvalue weighted by Crippen LogP contribution is 2.19. The Hall–Kier alpha value is -1.40. The van der Waals surface area contributed by atoms with Gasteiger partial charge in [-0.3, -0.25) is 9.59 Å². The van der Waals surface area contributed by atoms with Gasteiger partial charge in [0.25, 0.3) is 0 Å². The molecule has 0 aromatic heterocycles. The highest BCUT2D eigenvalue weighted by Gasteiger charge is 2.20. The largest absolute Gasteiger partial charge is 0.466 e. The van der Waals surface area contributed by atoms with Crippen molar-refractivity contribution in [2.75, 3.05) is 13.2 Å². The molecule has 6 heteroatoms. The zero-order chi connectivity index (χ0) is 55.7. The number of aliphatic hydroxyl groups excluding tert-OH is 2. The lowest BCUT2D eigenvalue weighted by molar-refractivity contribution is -0.143. The van der Waals surface area contributed by atoms with Crippen LogP contribution in [0.3, 0.4) is 0 Å². The molecule has 2 atom stereocenters. The molecular weight excluding hydrogens is 947 g/mol. The van der Waals surface area contributed by atoms with Crippen LogP contribution in [-0.4, -0.2) is 47.4 Å². The summed E-state index contributed by atoms with van der Waals surface area (Å²) in [6, 6.07) is -0.542. The Balaban J connectivity index is 3.38. The molecule has 1 amide bonds. The highest BCUT2D eigenvalue weighted by atomic mass is 16.5. The SMILES string of the molecule is CCCCCCCCCCCCCCCCCCCCCCCC(O)C(CO)NC(=O)CCCCCCCCCCCCCC/C=C\CCCCCCCCCCCCCCOC(=O)CCCCCCCCCCCCC. The van der Waals surface area contributed by atoms with E-state index in [1.807, 2.05) is 0 Å². The maximum atomic E-state index is 12.5. The number of amides is 1. The smallest absolute Gasteiger partial charge is 0.305 e. The van der Waals surface area contributed by atoms with Gasteiger partial charge in [0.1, 0.15) is 0 Å². The summed E-state index contributed by atoms with van der Waals surface area (Å²) in [5.74, 6) is -0.0135. The van der Waals surface area contributed by atoms with Crippen molar-refractivity contribution in [1.29, 1.82) is 0 Å². The van der Waals surface area contributed by atoms with E-state index < -0.39 is 12.1 Å². The summed E-state index contributed by atoms with van der Waals surface area (Å²) in [4.78, 5) is 24.6. The van der Waals surface area contributed by atoms with Gasteiger partial charge in [0.2, 0.25) is 5.91 Å². The standard InChI is InChI=1S/C71H139NO5/c1-3-5-7-9-11-13-15-16-17-18-19-28-31-34-37-40-44-47-51-55-59-63-69(74)68(67-73)72-70(75)64-60-56-52-48-45-41-38-35-32-29-26-24-22-20-21-23-25-27-30-33-36-39-42-46-50-54-58-62-66-77-71(76)65-61-57-53-49-43-14-12-10-8-6-4-2/h20-21,68-69,73-74H,3-19,22-67H2,1-2H3,(H,72,75)/b21-20-. The number of carbonyl (C=O) groups excluding carboxylic acids is 2. The van der Waals surface area contributed by atoms with E-state index in [4.69, 9.17) is 4.74 Å². The lowest BCUT2D eigenvalue weighted by Gasteiger charge is -2.22. The quantitative estimate of drug-likeness (QED) is 0.0320. The first kappa shape index (κ1) is 75.6. The van der Waals surface area contributed by atoms with Crippen molar-refractivity contribution < 1.29 is 24.5 Å². The third-order valence-corrected chi connectivity index (χ3v) is 16.8. The average molecular weight is 1090 g/mol. The molecule has 77 heavy (non-hydrogen) atoms. The van der Waals surface area contributed by atoms with E-state index in [1.54, 1.807) is 0 Å². The van der Waals surface area contributed by atoms with Crippen LogP contribution in [0.5, 0.6) is 0 Å². The van der Waals surface area contributed by atoms with Crippen LogP contribution in [0.15, 0.2) is 12.2 Å². The van der Waals surface area contributed by atoms with Gasteiger partial charge in [-0.25, -0.2) is 0 Å². The first-order chi connectivity index (χ1) is 38.0. The predicted octanol–water partition coefficient (Wildman–Crippen LogP) is 22.8. The molecule has 0 fully saturated rings. The number of esters is 1. The van der Waals surface area contributed by atoms with E-state index in [2.05, 4.69) is 31.3 Å². The van der Waals surface area contributed by atoms with Crippen LogP contribution in [0.2, 0.25) is 0 Å². The fourth-order valence-corrected chi connectivity index (χ4v) is 11.4. The molecule has 0 spiro atoms. The molecular formula is C71H139NO5. The Bertz CT molecular complexity index is 1160. The number of ether oxygens (including phenoxy) is 1. The van der Waals surface area contributed by atoms with E-state index in [0.29, 0.717) is 25.9 Å². The number of aliphatic hydroxyl groups is 2. The summed E-state index contributed by atoms with van der Waals surface area (Å²) in [5, 5.41) is 23.4. The Morgan fingerprint density at radius 2 is 0.610 bits per heavy atom. The molecule has 0 bridgehead atoms. The summed E-state index contributed by atoms with van der Waals surface area (Å²) in [6.07, 6.45) is 82.6. The van der Waals surface area contributed by atoms with E-state index in [0.717, 1.165) is 38.5 Å². The second kappa shape index (κ2) is 67.1. The first-order valence-corrected chi connectivity index (χ1v) is 35.4. The van der Waals surface area contributed by atoms with Gasteiger partial charge >= 0.3 is 5.97 Å². The Kier molecular flexibility index (Phi) is 65.9. The summed E-state index contributed by atoms with van der Waals surface area (Å²) in [5.41, 5.74) is 0. The van der Waals surface area contributed by atoms with Gasteiger partial charge in [0.05, 0.1) is 25.4 Å².